The third kappa shape index (κ3) is 3.17. The fraction of sp³-hybridized carbons (Fsp3) is 0.308. The number of benzene rings is 1. The van der Waals surface area contributed by atoms with E-state index in [0.29, 0.717) is 13.2 Å². The van der Waals surface area contributed by atoms with Gasteiger partial charge < -0.3 is 14.7 Å². The third-order valence-electron chi connectivity index (χ3n) is 2.76. The maximum atomic E-state index is 11.0. The van der Waals surface area contributed by atoms with Gasteiger partial charge in [-0.05, 0) is 6.07 Å². The van der Waals surface area contributed by atoms with E-state index in [2.05, 4.69) is 10.2 Å². The van der Waals surface area contributed by atoms with Gasteiger partial charge in [-0.25, -0.2) is 0 Å². The van der Waals surface area contributed by atoms with Crippen molar-refractivity contribution in [1.29, 1.82) is 0 Å². The van der Waals surface area contributed by atoms with Gasteiger partial charge >= 0.3 is 5.97 Å². The summed E-state index contributed by atoms with van der Waals surface area (Å²) in [5.41, 5.74) is 1.50. The number of rotatable bonds is 6. The van der Waals surface area contributed by atoms with E-state index in [1.54, 1.807) is 18.2 Å². The maximum Gasteiger partial charge on any atom is 0.323 e. The minimum Gasteiger partial charge on any atom is -0.480 e. The topological polar surface area (TPSA) is 75.5 Å². The Kier molecular flexibility index (Phi) is 4.25. The zero-order chi connectivity index (χ0) is 13.7. The van der Waals surface area contributed by atoms with Crippen molar-refractivity contribution >= 4 is 22.6 Å². The molecule has 0 saturated carbocycles. The number of fused-ring (bicyclic) bond motifs is 1. The Morgan fingerprint density at radius 2 is 2.21 bits per heavy atom. The largest absolute Gasteiger partial charge is 0.480 e. The molecule has 0 aliphatic heterocycles. The average Bonchev–Trinajstić information content (AvgIpc) is 2.42. The van der Waals surface area contributed by atoms with Crippen LogP contribution in [0, 0.1) is 0 Å². The average molecular weight is 261 g/mol. The van der Waals surface area contributed by atoms with Crippen LogP contribution in [0.2, 0.25) is 0 Å². The fourth-order valence-electron chi connectivity index (χ4n) is 1.89. The van der Waals surface area contributed by atoms with Gasteiger partial charge in [0, 0.05) is 19.0 Å². The molecule has 0 spiro atoms. The highest BCUT2D eigenvalue weighted by Gasteiger charge is 2.14. The summed E-state index contributed by atoms with van der Waals surface area (Å²) in [6, 6.07) is 7.52. The number of nitrogens with zero attached hydrogens (tertiary/aromatic N) is 3. The predicted molar refractivity (Wildman–Crippen MR) is 71.3 cm³/mol. The van der Waals surface area contributed by atoms with E-state index in [4.69, 9.17) is 9.84 Å². The number of aromatic nitrogens is 2. The SMILES string of the molecule is COCCN(CC(=O)O)c1cnnc2ccccc12. The van der Waals surface area contributed by atoms with Crippen LogP contribution >= 0.6 is 0 Å². The summed E-state index contributed by atoms with van der Waals surface area (Å²) in [6.07, 6.45) is 1.58. The molecule has 1 aromatic carbocycles. The molecular formula is C13H15N3O3. The molecule has 1 N–H and O–H groups in total. The first-order valence-corrected chi connectivity index (χ1v) is 5.88. The second-order valence-corrected chi connectivity index (χ2v) is 4.06. The number of carbonyl (C=O) groups is 1. The van der Waals surface area contributed by atoms with Gasteiger partial charge in [-0.1, -0.05) is 18.2 Å². The molecule has 6 heteroatoms. The van der Waals surface area contributed by atoms with Gasteiger partial charge in [0.1, 0.15) is 6.54 Å². The lowest BCUT2D eigenvalue weighted by Gasteiger charge is -2.23. The van der Waals surface area contributed by atoms with Crippen molar-refractivity contribution in [2.45, 2.75) is 0 Å². The number of hydrogen-bond acceptors (Lipinski definition) is 5. The molecule has 0 amide bonds. The van der Waals surface area contributed by atoms with Gasteiger partial charge in [-0.3, -0.25) is 4.79 Å². The number of carboxylic acid groups (broad SMARTS) is 1. The summed E-state index contributed by atoms with van der Waals surface area (Å²) in [7, 11) is 1.59. The Morgan fingerprint density at radius 3 is 2.95 bits per heavy atom. The van der Waals surface area contributed by atoms with Crippen molar-refractivity contribution in [3.8, 4) is 0 Å². The third-order valence-corrected chi connectivity index (χ3v) is 2.76. The first kappa shape index (κ1) is 13.2. The Labute approximate surface area is 110 Å². The molecule has 6 nitrogen and oxygen atoms in total. The normalized spacial score (nSPS) is 10.6. The van der Waals surface area contributed by atoms with E-state index >= 15 is 0 Å². The van der Waals surface area contributed by atoms with Crippen LogP contribution in [-0.2, 0) is 9.53 Å². The summed E-state index contributed by atoms with van der Waals surface area (Å²) in [6.45, 7) is 0.835. The van der Waals surface area contributed by atoms with Crippen LogP contribution in [0.15, 0.2) is 30.5 Å². The zero-order valence-electron chi connectivity index (χ0n) is 10.6. The summed E-state index contributed by atoms with van der Waals surface area (Å²) < 4.78 is 5.02. The number of anilines is 1. The summed E-state index contributed by atoms with van der Waals surface area (Å²) in [4.78, 5) is 12.7. The lowest BCUT2D eigenvalue weighted by atomic mass is 10.2. The van der Waals surface area contributed by atoms with Gasteiger partial charge in [-0.2, -0.15) is 10.2 Å². The van der Waals surface area contributed by atoms with Crippen LogP contribution < -0.4 is 4.90 Å². The molecule has 0 atom stereocenters. The smallest absolute Gasteiger partial charge is 0.323 e. The number of aliphatic carboxylic acids is 1. The summed E-state index contributed by atoms with van der Waals surface area (Å²) in [5, 5.41) is 17.8. The van der Waals surface area contributed by atoms with Crippen molar-refractivity contribution in [2.24, 2.45) is 0 Å². The van der Waals surface area contributed by atoms with Crippen molar-refractivity contribution in [3.05, 3.63) is 30.5 Å². The van der Waals surface area contributed by atoms with E-state index < -0.39 is 5.97 Å². The molecule has 2 rings (SSSR count). The minimum atomic E-state index is -0.892. The molecule has 0 unspecified atom stereocenters. The van der Waals surface area contributed by atoms with Crippen molar-refractivity contribution in [1.82, 2.24) is 10.2 Å². The minimum absolute atomic E-state index is 0.0982. The Bertz CT molecular complexity index is 569. The molecule has 0 bridgehead atoms. The standard InChI is InChI=1S/C13H15N3O3/c1-19-7-6-16(9-13(17)18)12-8-14-15-11-5-3-2-4-10(11)12/h2-5,8H,6-7,9H2,1H3,(H,17,18). The van der Waals surface area contributed by atoms with Crippen LogP contribution in [-0.4, -0.2) is 48.1 Å². The van der Waals surface area contributed by atoms with Crippen LogP contribution in [0.1, 0.15) is 0 Å². The molecule has 19 heavy (non-hydrogen) atoms. The van der Waals surface area contributed by atoms with Gasteiger partial charge in [0.15, 0.2) is 0 Å². The molecule has 1 aromatic heterocycles. The first-order valence-electron chi connectivity index (χ1n) is 5.88. The molecule has 1 heterocycles. The monoisotopic (exact) mass is 261 g/mol. The van der Waals surface area contributed by atoms with E-state index in [1.165, 1.54) is 0 Å². The zero-order valence-corrected chi connectivity index (χ0v) is 10.6. The molecule has 0 fully saturated rings. The van der Waals surface area contributed by atoms with Crippen LogP contribution in [0.4, 0.5) is 5.69 Å². The molecule has 0 saturated heterocycles. The quantitative estimate of drug-likeness (QED) is 0.841. The molecule has 100 valence electrons. The van der Waals surface area contributed by atoms with Crippen LogP contribution in [0.5, 0.6) is 0 Å². The van der Waals surface area contributed by atoms with Crippen molar-refractivity contribution < 1.29 is 14.6 Å². The number of carboxylic acids is 1. The van der Waals surface area contributed by atoms with E-state index in [1.807, 2.05) is 24.3 Å². The van der Waals surface area contributed by atoms with Crippen LogP contribution in [0.3, 0.4) is 0 Å². The van der Waals surface area contributed by atoms with Gasteiger partial charge in [0.05, 0.1) is 24.0 Å². The van der Waals surface area contributed by atoms with Gasteiger partial charge in [0.2, 0.25) is 0 Å². The fourth-order valence-corrected chi connectivity index (χ4v) is 1.89. The molecule has 0 radical (unpaired) electrons. The Hall–Kier alpha value is -2.21. The van der Waals surface area contributed by atoms with Crippen molar-refractivity contribution in [2.75, 3.05) is 31.7 Å². The van der Waals surface area contributed by atoms with Gasteiger partial charge in [0.25, 0.3) is 0 Å². The number of ether oxygens (including phenoxy) is 1. The second-order valence-electron chi connectivity index (χ2n) is 4.06. The number of methoxy groups -OCH3 is 1. The first-order chi connectivity index (χ1) is 9.22. The Morgan fingerprint density at radius 1 is 1.42 bits per heavy atom. The van der Waals surface area contributed by atoms with Gasteiger partial charge in [-0.15, -0.1) is 0 Å². The molecule has 0 aliphatic carbocycles. The number of hydrogen-bond donors (Lipinski definition) is 1. The molecular weight excluding hydrogens is 246 g/mol. The lowest BCUT2D eigenvalue weighted by molar-refractivity contribution is -0.135. The van der Waals surface area contributed by atoms with Crippen molar-refractivity contribution in [3.63, 3.8) is 0 Å². The molecule has 0 aliphatic rings. The van der Waals surface area contributed by atoms with Crippen LogP contribution in [0.25, 0.3) is 10.9 Å². The second kappa shape index (κ2) is 6.10. The molecule has 2 aromatic rings. The summed E-state index contributed by atoms with van der Waals surface area (Å²) in [5.74, 6) is -0.892. The summed E-state index contributed by atoms with van der Waals surface area (Å²) >= 11 is 0. The van der Waals surface area contributed by atoms with E-state index in [0.717, 1.165) is 16.6 Å². The maximum absolute atomic E-state index is 11.0. The van der Waals surface area contributed by atoms with E-state index in [9.17, 15) is 4.79 Å². The predicted octanol–water partition coefficient (Wildman–Crippen LogP) is 1.17. The lowest BCUT2D eigenvalue weighted by Crippen LogP contribution is -2.33. The highest BCUT2D eigenvalue weighted by molar-refractivity contribution is 5.92. The Balaban J connectivity index is 2.39. The van der Waals surface area contributed by atoms with E-state index in [-0.39, 0.29) is 6.54 Å². The highest BCUT2D eigenvalue weighted by atomic mass is 16.5. The highest BCUT2D eigenvalue weighted by Crippen LogP contribution is 2.23.